The van der Waals surface area contributed by atoms with Gasteiger partial charge in [-0.15, -0.1) is 0 Å². The summed E-state index contributed by atoms with van der Waals surface area (Å²) in [5, 5.41) is 0. The average molecular weight is 285 g/mol. The number of rotatable bonds is 4. The van der Waals surface area contributed by atoms with E-state index in [1.807, 2.05) is 11.8 Å². The molecule has 2 heterocycles. The van der Waals surface area contributed by atoms with Crippen molar-refractivity contribution in [1.29, 1.82) is 0 Å². The number of carbonyl (C=O) groups excluding carboxylic acids is 1. The van der Waals surface area contributed by atoms with Crippen molar-refractivity contribution in [1.82, 2.24) is 9.80 Å². The van der Waals surface area contributed by atoms with Crippen molar-refractivity contribution in [3.8, 4) is 0 Å². The van der Waals surface area contributed by atoms with Crippen LogP contribution in [0.5, 0.6) is 0 Å². The minimum atomic E-state index is -0.293. The van der Waals surface area contributed by atoms with Crippen LogP contribution in [0.3, 0.4) is 0 Å². The second kappa shape index (κ2) is 6.63. The molecule has 2 N–H and O–H groups in total. The second-order valence-corrected chi connectivity index (χ2v) is 5.71. The van der Waals surface area contributed by atoms with E-state index in [1.165, 1.54) is 0 Å². The quantitative estimate of drug-likeness (QED) is 0.750. The van der Waals surface area contributed by atoms with Gasteiger partial charge in [-0.25, -0.2) is 0 Å². The molecule has 0 spiro atoms. The first-order chi connectivity index (χ1) is 9.13. The highest BCUT2D eigenvalue weighted by molar-refractivity contribution is 7.80. The van der Waals surface area contributed by atoms with E-state index in [9.17, 15) is 4.79 Å². The van der Waals surface area contributed by atoms with E-state index in [-0.39, 0.29) is 11.8 Å². The first kappa shape index (κ1) is 14.7. The van der Waals surface area contributed by atoms with E-state index >= 15 is 0 Å². The largest absolute Gasteiger partial charge is 0.393 e. The number of ether oxygens (including phenoxy) is 1. The molecule has 0 aliphatic carbocycles. The van der Waals surface area contributed by atoms with Gasteiger partial charge in [0, 0.05) is 32.2 Å². The van der Waals surface area contributed by atoms with Gasteiger partial charge in [-0.2, -0.15) is 0 Å². The topological polar surface area (TPSA) is 58.8 Å². The molecule has 19 heavy (non-hydrogen) atoms. The molecule has 0 aromatic heterocycles. The number of hydrogen-bond donors (Lipinski definition) is 1. The molecule has 2 fully saturated rings. The number of nitrogens with two attached hydrogens (primary N) is 1. The zero-order chi connectivity index (χ0) is 13.8. The number of hydrogen-bond acceptors (Lipinski definition) is 4. The van der Waals surface area contributed by atoms with Gasteiger partial charge in [-0.1, -0.05) is 19.1 Å². The van der Waals surface area contributed by atoms with Crippen molar-refractivity contribution in [2.75, 3.05) is 39.4 Å². The molecule has 0 radical (unpaired) electrons. The van der Waals surface area contributed by atoms with E-state index in [1.54, 1.807) is 0 Å². The number of carbonyl (C=O) groups is 1. The fourth-order valence-electron chi connectivity index (χ4n) is 2.90. The van der Waals surface area contributed by atoms with E-state index in [2.05, 4.69) is 4.90 Å². The molecule has 2 aliphatic heterocycles. The summed E-state index contributed by atoms with van der Waals surface area (Å²) in [6, 6.07) is 0.469. The Hall–Kier alpha value is -0.720. The molecule has 0 aromatic rings. The molecule has 6 heteroatoms. The van der Waals surface area contributed by atoms with Gasteiger partial charge >= 0.3 is 0 Å². The summed E-state index contributed by atoms with van der Waals surface area (Å²) in [6.07, 6.45) is 1.73. The van der Waals surface area contributed by atoms with Crippen molar-refractivity contribution in [3.63, 3.8) is 0 Å². The minimum Gasteiger partial charge on any atom is -0.393 e. The third-order valence-corrected chi connectivity index (χ3v) is 4.37. The molecular weight excluding hydrogens is 262 g/mol. The van der Waals surface area contributed by atoms with Crippen molar-refractivity contribution in [3.05, 3.63) is 0 Å². The lowest BCUT2D eigenvalue weighted by molar-refractivity contribution is -0.132. The van der Waals surface area contributed by atoms with Crippen LogP contribution in [0.4, 0.5) is 0 Å². The zero-order valence-electron chi connectivity index (χ0n) is 11.5. The predicted molar refractivity (Wildman–Crippen MR) is 77.9 cm³/mol. The molecule has 2 atom stereocenters. The molecule has 2 unspecified atom stereocenters. The molecule has 0 bridgehead atoms. The number of thiocarbonyl (C=S) groups is 1. The highest BCUT2D eigenvalue weighted by Gasteiger charge is 2.34. The van der Waals surface area contributed by atoms with Crippen molar-refractivity contribution >= 4 is 23.1 Å². The van der Waals surface area contributed by atoms with Crippen LogP contribution < -0.4 is 5.73 Å². The Bertz CT molecular complexity index is 345. The van der Waals surface area contributed by atoms with Crippen LogP contribution in [-0.2, 0) is 9.53 Å². The van der Waals surface area contributed by atoms with Gasteiger partial charge in [-0.3, -0.25) is 9.69 Å². The first-order valence-corrected chi connectivity index (χ1v) is 7.44. The van der Waals surface area contributed by atoms with Gasteiger partial charge in [0.05, 0.1) is 24.1 Å². The van der Waals surface area contributed by atoms with E-state index in [0.29, 0.717) is 17.5 Å². The lowest BCUT2D eigenvalue weighted by Gasteiger charge is -2.32. The molecule has 0 saturated carbocycles. The van der Waals surface area contributed by atoms with Gasteiger partial charge in [0.1, 0.15) is 0 Å². The van der Waals surface area contributed by atoms with Crippen LogP contribution >= 0.6 is 12.2 Å². The van der Waals surface area contributed by atoms with Crippen LogP contribution in [0.15, 0.2) is 0 Å². The Morgan fingerprint density at radius 1 is 1.42 bits per heavy atom. The lowest BCUT2D eigenvalue weighted by atomic mass is 10.1. The lowest BCUT2D eigenvalue weighted by Crippen LogP contribution is -2.46. The Balaban J connectivity index is 1.90. The third kappa shape index (κ3) is 3.43. The maximum atomic E-state index is 12.4. The molecule has 2 saturated heterocycles. The molecule has 2 aliphatic rings. The minimum absolute atomic E-state index is 0.103. The molecule has 1 amide bonds. The molecule has 5 nitrogen and oxygen atoms in total. The van der Waals surface area contributed by atoms with Crippen LogP contribution in [0, 0.1) is 5.92 Å². The Morgan fingerprint density at radius 2 is 2.11 bits per heavy atom. The zero-order valence-corrected chi connectivity index (χ0v) is 12.3. The van der Waals surface area contributed by atoms with Crippen LogP contribution in [0.1, 0.15) is 19.8 Å². The molecule has 108 valence electrons. The van der Waals surface area contributed by atoms with Crippen LogP contribution in [0.25, 0.3) is 0 Å². The Labute approximate surface area is 120 Å². The fraction of sp³-hybridized carbons (Fsp3) is 0.846. The van der Waals surface area contributed by atoms with E-state index in [0.717, 1.165) is 45.8 Å². The Morgan fingerprint density at radius 3 is 2.68 bits per heavy atom. The standard InChI is InChI=1S/C13H23N3O2S/c1-2-11(12(14)19)13(17)16-4-3-10(9-16)15-5-7-18-8-6-15/h10-11H,2-9H2,1H3,(H2,14,19). The first-order valence-electron chi connectivity index (χ1n) is 7.03. The number of nitrogens with zero attached hydrogens (tertiary/aromatic N) is 2. The van der Waals surface area contributed by atoms with Crippen molar-refractivity contribution < 1.29 is 9.53 Å². The summed E-state index contributed by atoms with van der Waals surface area (Å²) in [4.78, 5) is 17.0. The predicted octanol–water partition coefficient (Wildman–Crippen LogP) is 0.232. The summed E-state index contributed by atoms with van der Waals surface area (Å²) in [5.74, 6) is -0.191. The molecular formula is C13H23N3O2S. The smallest absolute Gasteiger partial charge is 0.232 e. The Kier molecular flexibility index (Phi) is 5.13. The molecule has 0 aromatic carbocycles. The third-order valence-electron chi connectivity index (χ3n) is 4.09. The SMILES string of the molecule is CCC(C(=O)N1CCC(N2CCOCC2)C1)C(N)=S. The van der Waals surface area contributed by atoms with Gasteiger partial charge in [0.2, 0.25) is 5.91 Å². The van der Waals surface area contributed by atoms with Crippen LogP contribution in [-0.4, -0.2) is 66.1 Å². The van der Waals surface area contributed by atoms with Gasteiger partial charge in [0.15, 0.2) is 0 Å². The number of morpholine rings is 1. The second-order valence-electron chi connectivity index (χ2n) is 5.24. The van der Waals surface area contributed by atoms with Crippen molar-refractivity contribution in [2.45, 2.75) is 25.8 Å². The number of likely N-dealkylation sites (tertiary alicyclic amines) is 1. The average Bonchev–Trinajstić information content (AvgIpc) is 2.89. The summed E-state index contributed by atoms with van der Waals surface area (Å²) < 4.78 is 5.36. The number of amides is 1. The maximum absolute atomic E-state index is 12.4. The van der Waals surface area contributed by atoms with E-state index < -0.39 is 0 Å². The fourth-order valence-corrected chi connectivity index (χ4v) is 3.17. The van der Waals surface area contributed by atoms with E-state index in [4.69, 9.17) is 22.7 Å². The summed E-state index contributed by atoms with van der Waals surface area (Å²) in [5.41, 5.74) is 5.65. The summed E-state index contributed by atoms with van der Waals surface area (Å²) in [6.45, 7) is 7.12. The monoisotopic (exact) mass is 285 g/mol. The highest BCUT2D eigenvalue weighted by Crippen LogP contribution is 2.20. The van der Waals surface area contributed by atoms with Crippen molar-refractivity contribution in [2.24, 2.45) is 11.7 Å². The van der Waals surface area contributed by atoms with Crippen LogP contribution in [0.2, 0.25) is 0 Å². The normalized spacial score (nSPS) is 26.4. The van der Waals surface area contributed by atoms with Gasteiger partial charge in [0.25, 0.3) is 0 Å². The summed E-state index contributed by atoms with van der Waals surface area (Å²) >= 11 is 4.99. The van der Waals surface area contributed by atoms with Gasteiger partial charge < -0.3 is 15.4 Å². The van der Waals surface area contributed by atoms with Gasteiger partial charge in [-0.05, 0) is 12.8 Å². The molecule has 2 rings (SSSR count). The highest BCUT2D eigenvalue weighted by atomic mass is 32.1. The maximum Gasteiger partial charge on any atom is 0.232 e. The summed E-state index contributed by atoms with van der Waals surface area (Å²) in [7, 11) is 0.